The van der Waals surface area contributed by atoms with E-state index in [-0.39, 0.29) is 6.03 Å². The molecule has 0 aromatic heterocycles. The van der Waals surface area contributed by atoms with Crippen molar-refractivity contribution in [2.24, 2.45) is 0 Å². The molecule has 0 bridgehead atoms. The summed E-state index contributed by atoms with van der Waals surface area (Å²) in [4.78, 5) is 12.1. The van der Waals surface area contributed by atoms with E-state index in [0.29, 0.717) is 13.1 Å². The fourth-order valence-electron chi connectivity index (χ4n) is 2.72. The lowest BCUT2D eigenvalue weighted by Crippen LogP contribution is -2.45. The number of ether oxygens (including phenoxy) is 2. The largest absolute Gasteiger partial charge is 0.497 e. The molecule has 2 amide bonds. The van der Waals surface area contributed by atoms with E-state index >= 15 is 0 Å². The van der Waals surface area contributed by atoms with E-state index in [2.05, 4.69) is 10.6 Å². The molecule has 0 fully saturated rings. The average molecular weight is 342 g/mol. The topological polar surface area (TPSA) is 59.6 Å². The minimum absolute atomic E-state index is 0.221. The van der Waals surface area contributed by atoms with Gasteiger partial charge in [-0.05, 0) is 29.7 Å². The summed E-state index contributed by atoms with van der Waals surface area (Å²) in [6.07, 6.45) is 0.756. The number of benzene rings is 2. The highest BCUT2D eigenvalue weighted by Crippen LogP contribution is 2.27. The molecule has 1 atom stereocenters. The van der Waals surface area contributed by atoms with Gasteiger partial charge in [0, 0.05) is 13.7 Å². The van der Waals surface area contributed by atoms with Crippen LogP contribution in [0.4, 0.5) is 4.79 Å². The van der Waals surface area contributed by atoms with Crippen molar-refractivity contribution in [1.29, 1.82) is 0 Å². The molecule has 0 aliphatic rings. The van der Waals surface area contributed by atoms with E-state index in [1.807, 2.05) is 61.5 Å². The number of hydrogen-bond donors (Lipinski definition) is 2. The maximum Gasteiger partial charge on any atom is 0.315 e. The van der Waals surface area contributed by atoms with Crippen LogP contribution in [0.15, 0.2) is 54.6 Å². The van der Waals surface area contributed by atoms with Crippen LogP contribution in [-0.2, 0) is 16.9 Å². The normalized spacial score (nSPS) is 12.9. The van der Waals surface area contributed by atoms with Gasteiger partial charge in [-0.25, -0.2) is 4.79 Å². The van der Waals surface area contributed by atoms with Crippen LogP contribution in [0.25, 0.3) is 0 Å². The minimum Gasteiger partial charge on any atom is -0.497 e. The van der Waals surface area contributed by atoms with Gasteiger partial charge in [0.25, 0.3) is 0 Å². The summed E-state index contributed by atoms with van der Waals surface area (Å²) in [6.45, 7) is 2.90. The Kier molecular flexibility index (Phi) is 6.83. The molecular weight excluding hydrogens is 316 g/mol. The molecule has 0 unspecified atom stereocenters. The molecule has 0 spiro atoms. The summed E-state index contributed by atoms with van der Waals surface area (Å²) < 4.78 is 10.9. The van der Waals surface area contributed by atoms with Gasteiger partial charge in [0.2, 0.25) is 0 Å². The Morgan fingerprint density at radius 2 is 1.68 bits per heavy atom. The van der Waals surface area contributed by atoms with Crippen molar-refractivity contribution in [1.82, 2.24) is 10.6 Å². The van der Waals surface area contributed by atoms with Crippen molar-refractivity contribution in [2.45, 2.75) is 25.5 Å². The third kappa shape index (κ3) is 4.97. The van der Waals surface area contributed by atoms with E-state index in [9.17, 15) is 4.79 Å². The van der Waals surface area contributed by atoms with E-state index in [0.717, 1.165) is 23.3 Å². The van der Waals surface area contributed by atoms with Gasteiger partial charge < -0.3 is 20.1 Å². The second-order valence-corrected chi connectivity index (χ2v) is 5.80. The number of methoxy groups -OCH3 is 2. The number of carbonyl (C=O) groups is 1. The average Bonchev–Trinajstić information content (AvgIpc) is 2.69. The lowest BCUT2D eigenvalue weighted by Gasteiger charge is -2.32. The van der Waals surface area contributed by atoms with Crippen molar-refractivity contribution < 1.29 is 14.3 Å². The molecule has 0 saturated heterocycles. The molecule has 0 radical (unpaired) electrons. The van der Waals surface area contributed by atoms with Crippen LogP contribution in [0.3, 0.4) is 0 Å². The van der Waals surface area contributed by atoms with Gasteiger partial charge >= 0.3 is 6.03 Å². The van der Waals surface area contributed by atoms with Crippen LogP contribution in [0.5, 0.6) is 5.75 Å². The minimum atomic E-state index is -0.529. The Bertz CT molecular complexity index is 652. The number of carbonyl (C=O) groups excluding carboxylic acids is 1. The van der Waals surface area contributed by atoms with E-state index in [4.69, 9.17) is 9.47 Å². The van der Waals surface area contributed by atoms with Crippen molar-refractivity contribution in [3.8, 4) is 5.75 Å². The van der Waals surface area contributed by atoms with Gasteiger partial charge in [-0.3, -0.25) is 0 Å². The fourth-order valence-corrected chi connectivity index (χ4v) is 2.72. The zero-order valence-electron chi connectivity index (χ0n) is 15.0. The van der Waals surface area contributed by atoms with Gasteiger partial charge in [0.1, 0.15) is 11.4 Å². The van der Waals surface area contributed by atoms with Gasteiger partial charge in [-0.2, -0.15) is 0 Å². The molecule has 2 rings (SSSR count). The summed E-state index contributed by atoms with van der Waals surface area (Å²) in [6, 6.07) is 17.3. The third-order valence-corrected chi connectivity index (χ3v) is 4.41. The number of nitrogens with one attached hydrogen (secondary N) is 2. The first kappa shape index (κ1) is 18.8. The van der Waals surface area contributed by atoms with Crippen molar-refractivity contribution in [3.63, 3.8) is 0 Å². The molecule has 2 N–H and O–H groups in total. The monoisotopic (exact) mass is 342 g/mol. The number of rotatable bonds is 8. The van der Waals surface area contributed by atoms with Gasteiger partial charge in [-0.1, -0.05) is 49.4 Å². The standard InChI is InChI=1S/C20H26N2O3/c1-4-20(25-3,17-8-6-5-7-9-17)15-22-19(23)21-14-16-10-12-18(24-2)13-11-16/h5-13H,4,14-15H2,1-3H3,(H2,21,22,23)/t20-/m1/s1. The molecule has 25 heavy (non-hydrogen) atoms. The number of hydrogen-bond acceptors (Lipinski definition) is 3. The highest BCUT2D eigenvalue weighted by molar-refractivity contribution is 5.74. The molecular formula is C20H26N2O3. The second kappa shape index (κ2) is 9.08. The molecule has 0 aliphatic heterocycles. The molecule has 2 aromatic carbocycles. The highest BCUT2D eigenvalue weighted by atomic mass is 16.5. The molecule has 0 aliphatic carbocycles. The van der Waals surface area contributed by atoms with Crippen LogP contribution in [0.1, 0.15) is 24.5 Å². The molecule has 0 saturated carbocycles. The highest BCUT2D eigenvalue weighted by Gasteiger charge is 2.30. The first-order chi connectivity index (χ1) is 12.1. The van der Waals surface area contributed by atoms with Crippen LogP contribution < -0.4 is 15.4 Å². The summed E-state index contributed by atoms with van der Waals surface area (Å²) in [7, 11) is 3.30. The van der Waals surface area contributed by atoms with E-state index < -0.39 is 5.60 Å². The van der Waals surface area contributed by atoms with Crippen LogP contribution in [0.2, 0.25) is 0 Å². The van der Waals surface area contributed by atoms with Crippen LogP contribution in [0, 0.1) is 0 Å². The van der Waals surface area contributed by atoms with Crippen LogP contribution >= 0.6 is 0 Å². The van der Waals surface area contributed by atoms with Gasteiger partial charge in [0.05, 0.1) is 13.7 Å². The Morgan fingerprint density at radius 1 is 1.00 bits per heavy atom. The number of amides is 2. The van der Waals surface area contributed by atoms with E-state index in [1.54, 1.807) is 14.2 Å². The second-order valence-electron chi connectivity index (χ2n) is 5.80. The maximum atomic E-state index is 12.1. The smallest absolute Gasteiger partial charge is 0.315 e. The van der Waals surface area contributed by atoms with Crippen molar-refractivity contribution >= 4 is 6.03 Å². The zero-order valence-corrected chi connectivity index (χ0v) is 15.0. The summed E-state index contributed by atoms with van der Waals surface area (Å²) in [5.74, 6) is 0.795. The van der Waals surface area contributed by atoms with Crippen LogP contribution in [-0.4, -0.2) is 26.8 Å². The predicted octanol–water partition coefficient (Wildman–Crippen LogP) is 3.45. The molecule has 2 aromatic rings. The van der Waals surface area contributed by atoms with Gasteiger partial charge in [-0.15, -0.1) is 0 Å². The summed E-state index contributed by atoms with van der Waals surface area (Å²) >= 11 is 0. The molecule has 5 heteroatoms. The lowest BCUT2D eigenvalue weighted by atomic mass is 9.91. The van der Waals surface area contributed by atoms with Crippen molar-refractivity contribution in [3.05, 3.63) is 65.7 Å². The maximum absolute atomic E-state index is 12.1. The lowest BCUT2D eigenvalue weighted by molar-refractivity contribution is -0.0152. The quantitative estimate of drug-likeness (QED) is 0.772. The Hall–Kier alpha value is -2.53. The summed E-state index contributed by atoms with van der Waals surface area (Å²) in [5.41, 5.74) is 1.53. The number of urea groups is 1. The summed E-state index contributed by atoms with van der Waals surface area (Å²) in [5, 5.41) is 5.78. The Labute approximate surface area is 149 Å². The first-order valence-corrected chi connectivity index (χ1v) is 8.39. The molecule has 0 heterocycles. The third-order valence-electron chi connectivity index (χ3n) is 4.41. The Morgan fingerprint density at radius 3 is 2.24 bits per heavy atom. The van der Waals surface area contributed by atoms with Crippen molar-refractivity contribution in [2.75, 3.05) is 20.8 Å². The SMILES string of the molecule is CC[C@](CNC(=O)NCc1ccc(OC)cc1)(OC)c1ccccc1. The molecule has 5 nitrogen and oxygen atoms in total. The molecule has 134 valence electrons. The predicted molar refractivity (Wildman–Crippen MR) is 98.7 cm³/mol. The fraction of sp³-hybridized carbons (Fsp3) is 0.350. The Balaban J connectivity index is 1.90. The van der Waals surface area contributed by atoms with Gasteiger partial charge in [0.15, 0.2) is 0 Å². The first-order valence-electron chi connectivity index (χ1n) is 8.39. The zero-order chi connectivity index (χ0) is 18.1. The van der Waals surface area contributed by atoms with E-state index in [1.165, 1.54) is 0 Å².